The molecule has 0 bridgehead atoms. The average molecular weight is 478 g/mol. The zero-order valence-corrected chi connectivity index (χ0v) is 18.1. The summed E-state index contributed by atoms with van der Waals surface area (Å²) in [6.07, 6.45) is -1.39. The molecule has 0 saturated carbocycles. The van der Waals surface area contributed by atoms with Crippen LogP contribution in [0.4, 0.5) is 13.2 Å². The fourth-order valence-corrected chi connectivity index (χ4v) is 4.86. The zero-order valence-electron chi connectivity index (χ0n) is 16.5. The molecule has 4 rings (SSSR count). The normalized spacial score (nSPS) is 19.0. The van der Waals surface area contributed by atoms with Crippen molar-refractivity contribution in [1.29, 1.82) is 0 Å². The number of aromatic nitrogens is 1. The van der Waals surface area contributed by atoms with Gasteiger partial charge in [0.1, 0.15) is 5.01 Å². The van der Waals surface area contributed by atoms with Crippen molar-refractivity contribution in [2.45, 2.75) is 31.2 Å². The molecule has 1 spiro atoms. The number of aliphatic carboxylic acids is 1. The van der Waals surface area contributed by atoms with Gasteiger partial charge in [0.2, 0.25) is 0 Å². The molecule has 4 heterocycles. The molecular formula is C19H22F3N3O4S2. The van der Waals surface area contributed by atoms with Gasteiger partial charge in [-0.05, 0) is 24.3 Å². The van der Waals surface area contributed by atoms with Crippen LogP contribution in [-0.4, -0.2) is 76.3 Å². The van der Waals surface area contributed by atoms with Crippen molar-refractivity contribution in [3.8, 4) is 0 Å². The van der Waals surface area contributed by atoms with Crippen LogP contribution in [0, 0.1) is 0 Å². The summed E-state index contributed by atoms with van der Waals surface area (Å²) in [4.78, 5) is 30.2. The molecule has 0 aliphatic carbocycles. The first kappa shape index (κ1) is 23.6. The minimum atomic E-state index is -5.08. The van der Waals surface area contributed by atoms with Gasteiger partial charge >= 0.3 is 12.1 Å². The number of hydrogen-bond acceptors (Lipinski definition) is 7. The van der Waals surface area contributed by atoms with Crippen molar-refractivity contribution < 1.29 is 32.6 Å². The number of morpholine rings is 1. The smallest absolute Gasteiger partial charge is 0.475 e. The molecule has 2 aliphatic heterocycles. The lowest BCUT2D eigenvalue weighted by Gasteiger charge is -2.47. The fourth-order valence-electron chi connectivity index (χ4n) is 3.57. The van der Waals surface area contributed by atoms with E-state index in [9.17, 15) is 18.0 Å². The Balaban J connectivity index is 0.000000339. The van der Waals surface area contributed by atoms with Crippen molar-refractivity contribution in [2.24, 2.45) is 0 Å². The van der Waals surface area contributed by atoms with E-state index >= 15 is 0 Å². The summed E-state index contributed by atoms with van der Waals surface area (Å²) in [5.41, 5.74) is 0.715. The summed E-state index contributed by atoms with van der Waals surface area (Å²) in [6.45, 7) is 5.12. The number of alkyl halides is 3. The topological polar surface area (TPSA) is 83.0 Å². The summed E-state index contributed by atoms with van der Waals surface area (Å²) in [5.74, 6) is -2.60. The second-order valence-electron chi connectivity index (χ2n) is 7.28. The number of carboxylic acids is 1. The van der Waals surface area contributed by atoms with Gasteiger partial charge in [-0.3, -0.25) is 9.69 Å². The predicted molar refractivity (Wildman–Crippen MR) is 109 cm³/mol. The highest BCUT2D eigenvalue weighted by Crippen LogP contribution is 2.31. The van der Waals surface area contributed by atoms with Gasteiger partial charge in [-0.2, -0.15) is 24.5 Å². The second kappa shape index (κ2) is 10.1. The number of carbonyl (C=O) groups excluding carboxylic acids is 1. The number of halogens is 3. The van der Waals surface area contributed by atoms with E-state index in [-0.39, 0.29) is 11.5 Å². The fraction of sp³-hybridized carbons (Fsp3) is 0.526. The SMILES string of the molecule is O=C(O)C(F)(F)F.O=C(c1ccsc1)N1CCC2(CC1)CN(Cc1nccs1)CCO2. The Kier molecular flexibility index (Phi) is 7.68. The Labute approximate surface area is 185 Å². The van der Waals surface area contributed by atoms with Gasteiger partial charge in [-0.15, -0.1) is 11.3 Å². The molecular weight excluding hydrogens is 455 g/mol. The zero-order chi connectivity index (χ0) is 22.5. The van der Waals surface area contributed by atoms with Crippen molar-refractivity contribution in [3.05, 3.63) is 39.0 Å². The first-order chi connectivity index (χ1) is 14.7. The van der Waals surface area contributed by atoms with Crippen molar-refractivity contribution in [3.63, 3.8) is 0 Å². The molecule has 1 amide bonds. The Hall–Kier alpha value is -2.02. The number of thiophene rings is 1. The second-order valence-corrected chi connectivity index (χ2v) is 9.03. The maximum Gasteiger partial charge on any atom is 0.490 e. The molecule has 1 N–H and O–H groups in total. The molecule has 2 aromatic heterocycles. The Morgan fingerprint density at radius 1 is 1.23 bits per heavy atom. The van der Waals surface area contributed by atoms with E-state index in [4.69, 9.17) is 14.6 Å². The van der Waals surface area contributed by atoms with Crippen LogP contribution in [0.25, 0.3) is 0 Å². The number of amides is 1. The third kappa shape index (κ3) is 6.48. The van der Waals surface area contributed by atoms with E-state index in [0.29, 0.717) is 0 Å². The highest BCUT2D eigenvalue weighted by Gasteiger charge is 2.41. The van der Waals surface area contributed by atoms with Gasteiger partial charge in [0.05, 0.1) is 24.3 Å². The number of rotatable bonds is 3. The Morgan fingerprint density at radius 2 is 1.94 bits per heavy atom. The third-order valence-electron chi connectivity index (χ3n) is 5.14. The van der Waals surface area contributed by atoms with Gasteiger partial charge in [0.15, 0.2) is 0 Å². The molecule has 2 aromatic rings. The lowest BCUT2D eigenvalue weighted by atomic mass is 9.89. The van der Waals surface area contributed by atoms with E-state index in [1.807, 2.05) is 33.3 Å². The molecule has 0 atom stereocenters. The van der Waals surface area contributed by atoms with Crippen molar-refractivity contribution >= 4 is 34.6 Å². The molecule has 0 aromatic carbocycles. The van der Waals surface area contributed by atoms with Crippen LogP contribution in [0.5, 0.6) is 0 Å². The van der Waals surface area contributed by atoms with E-state index in [0.717, 1.165) is 62.7 Å². The molecule has 0 unspecified atom stereocenters. The molecule has 0 radical (unpaired) electrons. The maximum absolute atomic E-state index is 12.5. The van der Waals surface area contributed by atoms with Crippen LogP contribution in [-0.2, 0) is 16.1 Å². The number of likely N-dealkylation sites (tertiary alicyclic amines) is 1. The summed E-state index contributed by atoms with van der Waals surface area (Å²) in [5, 5.41) is 14.2. The summed E-state index contributed by atoms with van der Waals surface area (Å²) >= 11 is 3.28. The largest absolute Gasteiger partial charge is 0.490 e. The minimum absolute atomic E-state index is 0.0963. The molecule has 31 heavy (non-hydrogen) atoms. The van der Waals surface area contributed by atoms with E-state index in [1.54, 1.807) is 22.7 Å². The van der Waals surface area contributed by atoms with Gasteiger partial charge < -0.3 is 14.7 Å². The number of carboxylic acid groups (broad SMARTS) is 1. The number of thiazole rings is 1. The van der Waals surface area contributed by atoms with Crippen LogP contribution in [0.15, 0.2) is 28.4 Å². The van der Waals surface area contributed by atoms with Crippen LogP contribution >= 0.6 is 22.7 Å². The first-order valence-corrected chi connectivity index (χ1v) is 11.4. The molecule has 12 heteroatoms. The van der Waals surface area contributed by atoms with Crippen molar-refractivity contribution in [2.75, 3.05) is 32.8 Å². The standard InChI is InChI=1S/C17H21N3O2S2.C2HF3O2/c21-16(14-1-9-23-12-14)20-5-2-17(3-6-20)13-19(7-8-22-17)11-15-18-4-10-24-15;3-2(4,5)1(6)7/h1,4,9-10,12H,2-3,5-8,11,13H2;(H,6,7). The highest BCUT2D eigenvalue weighted by atomic mass is 32.1. The molecule has 2 aliphatic rings. The Morgan fingerprint density at radius 3 is 2.48 bits per heavy atom. The Bertz CT molecular complexity index is 851. The van der Waals surface area contributed by atoms with E-state index in [2.05, 4.69) is 9.88 Å². The van der Waals surface area contributed by atoms with Gasteiger partial charge in [0.25, 0.3) is 5.91 Å². The van der Waals surface area contributed by atoms with Gasteiger partial charge in [0, 0.05) is 43.1 Å². The number of ether oxygens (including phenoxy) is 1. The maximum atomic E-state index is 12.5. The lowest BCUT2D eigenvalue weighted by molar-refractivity contribution is -0.192. The summed E-state index contributed by atoms with van der Waals surface area (Å²) in [6, 6.07) is 1.91. The number of carbonyl (C=O) groups is 2. The first-order valence-electron chi connectivity index (χ1n) is 9.55. The van der Waals surface area contributed by atoms with Gasteiger partial charge in [-0.25, -0.2) is 9.78 Å². The third-order valence-corrected chi connectivity index (χ3v) is 6.59. The summed E-state index contributed by atoms with van der Waals surface area (Å²) in [7, 11) is 0. The quantitative estimate of drug-likeness (QED) is 0.730. The predicted octanol–water partition coefficient (Wildman–Crippen LogP) is 3.35. The van der Waals surface area contributed by atoms with Crippen molar-refractivity contribution in [1.82, 2.24) is 14.8 Å². The number of nitrogens with zero attached hydrogens (tertiary/aromatic N) is 3. The van der Waals surface area contributed by atoms with Crippen LogP contribution in [0.1, 0.15) is 28.2 Å². The monoisotopic (exact) mass is 477 g/mol. The van der Waals surface area contributed by atoms with E-state index in [1.165, 1.54) is 0 Å². The van der Waals surface area contributed by atoms with E-state index < -0.39 is 12.1 Å². The average Bonchev–Trinajstić information content (AvgIpc) is 3.42. The number of piperidine rings is 1. The van der Waals surface area contributed by atoms with Crippen LogP contribution in [0.3, 0.4) is 0 Å². The minimum Gasteiger partial charge on any atom is -0.475 e. The summed E-state index contributed by atoms with van der Waals surface area (Å²) < 4.78 is 37.9. The van der Waals surface area contributed by atoms with Gasteiger partial charge in [-0.1, -0.05) is 0 Å². The molecule has 2 fully saturated rings. The molecule has 170 valence electrons. The lowest BCUT2D eigenvalue weighted by Crippen LogP contribution is -2.57. The number of hydrogen-bond donors (Lipinski definition) is 1. The van der Waals surface area contributed by atoms with Crippen LogP contribution in [0.2, 0.25) is 0 Å². The molecule has 2 saturated heterocycles. The van der Waals surface area contributed by atoms with Crippen LogP contribution < -0.4 is 0 Å². The molecule has 7 nitrogen and oxygen atoms in total. The highest BCUT2D eigenvalue weighted by molar-refractivity contribution is 7.09.